The van der Waals surface area contributed by atoms with Gasteiger partial charge in [-0.1, -0.05) is 11.6 Å². The van der Waals surface area contributed by atoms with Crippen LogP contribution in [0.2, 0.25) is 5.02 Å². The van der Waals surface area contributed by atoms with Crippen LogP contribution >= 0.6 is 11.6 Å². The van der Waals surface area contributed by atoms with Gasteiger partial charge in [-0.25, -0.2) is 19.3 Å². The smallest absolute Gasteiger partial charge is 0.159 e. The average molecular weight is 340 g/mol. The molecule has 0 bridgehead atoms. The number of imidazole rings is 1. The third kappa shape index (κ3) is 2.32. The Hall–Kier alpha value is -2.86. The average Bonchev–Trinajstić information content (AvgIpc) is 2.97. The zero-order valence-corrected chi connectivity index (χ0v) is 13.4. The second-order valence-electron chi connectivity index (χ2n) is 5.24. The summed E-state index contributed by atoms with van der Waals surface area (Å²) in [4.78, 5) is 17.2. The minimum absolute atomic E-state index is 0.304. The Bertz CT molecular complexity index is 1040. The summed E-state index contributed by atoms with van der Waals surface area (Å²) in [6.45, 7) is 1.88. The zero-order valence-electron chi connectivity index (χ0n) is 12.6. The predicted molar refractivity (Wildman–Crippen MR) is 89.2 cm³/mol. The van der Waals surface area contributed by atoms with Gasteiger partial charge in [-0.2, -0.15) is 0 Å². The molecule has 4 aromatic rings. The predicted octanol–water partition coefficient (Wildman–Crippen LogP) is 3.95. The van der Waals surface area contributed by atoms with Crippen LogP contribution in [0.3, 0.4) is 0 Å². The Morgan fingerprint density at radius 3 is 2.62 bits per heavy atom. The maximum Gasteiger partial charge on any atom is 0.159 e. The van der Waals surface area contributed by atoms with Gasteiger partial charge in [-0.05, 0) is 31.2 Å². The van der Waals surface area contributed by atoms with Crippen LogP contribution in [0.5, 0.6) is 0 Å². The number of hydrogen-bond donors (Lipinski definition) is 0. The molecule has 0 atom stereocenters. The fraction of sp³-hybridized carbons (Fsp3) is 0.0588. The summed E-state index contributed by atoms with van der Waals surface area (Å²) in [5.41, 5.74) is 4.17. The molecule has 0 amide bonds. The van der Waals surface area contributed by atoms with Crippen LogP contribution in [0.4, 0.5) is 4.39 Å². The number of nitrogens with zero attached hydrogens (tertiary/aromatic N) is 5. The van der Waals surface area contributed by atoms with Crippen LogP contribution in [-0.2, 0) is 0 Å². The molecule has 0 unspecified atom stereocenters. The van der Waals surface area contributed by atoms with E-state index in [1.807, 2.05) is 11.3 Å². The Kier molecular flexibility index (Phi) is 3.46. The van der Waals surface area contributed by atoms with Crippen molar-refractivity contribution in [2.24, 2.45) is 0 Å². The van der Waals surface area contributed by atoms with Crippen molar-refractivity contribution >= 4 is 17.2 Å². The quantitative estimate of drug-likeness (QED) is 0.555. The maximum atomic E-state index is 13.3. The third-order valence-corrected chi connectivity index (χ3v) is 4.00. The van der Waals surface area contributed by atoms with Crippen molar-refractivity contribution in [2.75, 3.05) is 0 Å². The molecule has 0 N–H and O–H groups in total. The van der Waals surface area contributed by atoms with Crippen molar-refractivity contribution < 1.29 is 4.39 Å². The number of benzene rings is 1. The highest BCUT2D eigenvalue weighted by atomic mass is 35.5. The van der Waals surface area contributed by atoms with Crippen molar-refractivity contribution in [3.8, 4) is 22.6 Å². The first kappa shape index (κ1) is 14.7. The van der Waals surface area contributed by atoms with Gasteiger partial charge < -0.3 is 0 Å². The lowest BCUT2D eigenvalue weighted by atomic mass is 10.1. The van der Waals surface area contributed by atoms with Gasteiger partial charge in [0.1, 0.15) is 23.5 Å². The minimum atomic E-state index is -0.304. The number of halogens is 2. The van der Waals surface area contributed by atoms with Crippen molar-refractivity contribution in [1.29, 1.82) is 0 Å². The fourth-order valence-electron chi connectivity index (χ4n) is 2.62. The molecule has 24 heavy (non-hydrogen) atoms. The second kappa shape index (κ2) is 5.65. The normalized spacial score (nSPS) is 11.1. The topological polar surface area (TPSA) is 56.0 Å². The second-order valence-corrected chi connectivity index (χ2v) is 5.65. The van der Waals surface area contributed by atoms with E-state index in [2.05, 4.69) is 19.9 Å². The summed E-state index contributed by atoms with van der Waals surface area (Å²) in [6.07, 6.45) is 6.46. The fourth-order valence-corrected chi connectivity index (χ4v) is 2.82. The van der Waals surface area contributed by atoms with Crippen LogP contribution < -0.4 is 0 Å². The molecule has 3 aromatic heterocycles. The van der Waals surface area contributed by atoms with E-state index < -0.39 is 0 Å². The third-order valence-electron chi connectivity index (χ3n) is 3.73. The molecule has 3 heterocycles. The Morgan fingerprint density at radius 2 is 1.88 bits per heavy atom. The Labute approximate surface area is 141 Å². The summed E-state index contributed by atoms with van der Waals surface area (Å²) >= 11 is 6.30. The molecule has 0 aliphatic heterocycles. The zero-order chi connectivity index (χ0) is 16.7. The van der Waals surface area contributed by atoms with Crippen LogP contribution in [0.25, 0.3) is 28.3 Å². The molecule has 0 saturated heterocycles. The first-order chi connectivity index (χ1) is 11.6. The van der Waals surface area contributed by atoms with Gasteiger partial charge in [0, 0.05) is 24.2 Å². The highest BCUT2D eigenvalue weighted by Gasteiger charge is 2.20. The molecule has 0 radical (unpaired) electrons. The Morgan fingerprint density at radius 1 is 1.08 bits per heavy atom. The van der Waals surface area contributed by atoms with E-state index >= 15 is 0 Å². The van der Waals surface area contributed by atoms with Gasteiger partial charge >= 0.3 is 0 Å². The molecule has 1 aromatic carbocycles. The first-order valence-electron chi connectivity index (χ1n) is 7.20. The van der Waals surface area contributed by atoms with Gasteiger partial charge in [0.05, 0.1) is 16.4 Å². The van der Waals surface area contributed by atoms with Gasteiger partial charge in [0.25, 0.3) is 0 Å². The van der Waals surface area contributed by atoms with Crippen LogP contribution in [0.1, 0.15) is 5.69 Å². The highest BCUT2D eigenvalue weighted by molar-refractivity contribution is 6.33. The molecule has 0 spiro atoms. The molecule has 7 heteroatoms. The first-order valence-corrected chi connectivity index (χ1v) is 7.58. The summed E-state index contributed by atoms with van der Waals surface area (Å²) in [5.74, 6) is -0.304. The molecule has 0 fully saturated rings. The van der Waals surface area contributed by atoms with Gasteiger partial charge in [-0.3, -0.25) is 9.38 Å². The number of aromatic nitrogens is 5. The lowest BCUT2D eigenvalue weighted by Gasteiger charge is -2.06. The van der Waals surface area contributed by atoms with E-state index in [-0.39, 0.29) is 5.82 Å². The van der Waals surface area contributed by atoms with Crippen LogP contribution in [-0.4, -0.2) is 24.3 Å². The molecular formula is C17H11ClFN5. The molecule has 0 saturated carbocycles. The lowest BCUT2D eigenvalue weighted by Crippen LogP contribution is -1.95. The maximum absolute atomic E-state index is 13.3. The van der Waals surface area contributed by atoms with E-state index in [4.69, 9.17) is 11.6 Å². The number of rotatable bonds is 2. The van der Waals surface area contributed by atoms with E-state index in [1.165, 1.54) is 24.7 Å². The Balaban J connectivity index is 2.10. The van der Waals surface area contributed by atoms with Crippen molar-refractivity contribution in [3.05, 3.63) is 65.7 Å². The molecule has 5 nitrogen and oxygen atoms in total. The van der Waals surface area contributed by atoms with E-state index in [0.717, 1.165) is 17.0 Å². The lowest BCUT2D eigenvalue weighted by molar-refractivity contribution is 0.628. The van der Waals surface area contributed by atoms with Gasteiger partial charge in [0.15, 0.2) is 5.65 Å². The highest BCUT2D eigenvalue weighted by Crippen LogP contribution is 2.35. The number of hydrogen-bond acceptors (Lipinski definition) is 4. The van der Waals surface area contributed by atoms with Gasteiger partial charge in [0.2, 0.25) is 0 Å². The minimum Gasteiger partial charge on any atom is -0.295 e. The monoisotopic (exact) mass is 339 g/mol. The van der Waals surface area contributed by atoms with E-state index in [1.54, 1.807) is 24.5 Å². The number of fused-ring (bicyclic) bond motifs is 1. The van der Waals surface area contributed by atoms with Crippen molar-refractivity contribution in [2.45, 2.75) is 6.92 Å². The molecule has 0 aliphatic rings. The van der Waals surface area contributed by atoms with Crippen molar-refractivity contribution in [3.63, 3.8) is 0 Å². The SMILES string of the molecule is Cc1nccn2c(-c3ncncc3Cl)c(-c3ccc(F)cc3)nc12. The molecule has 0 aliphatic carbocycles. The molecule has 4 rings (SSSR count). The van der Waals surface area contributed by atoms with Crippen molar-refractivity contribution in [1.82, 2.24) is 24.3 Å². The number of aryl methyl sites for hydroxylation is 1. The van der Waals surface area contributed by atoms with Crippen LogP contribution in [0.15, 0.2) is 49.2 Å². The summed E-state index contributed by atoms with van der Waals surface area (Å²) in [5, 5.41) is 0.414. The summed E-state index contributed by atoms with van der Waals surface area (Å²) < 4.78 is 15.2. The molecule has 118 valence electrons. The molecular weight excluding hydrogens is 329 g/mol. The summed E-state index contributed by atoms with van der Waals surface area (Å²) in [6, 6.07) is 6.16. The van der Waals surface area contributed by atoms with E-state index in [9.17, 15) is 4.39 Å². The standard InChI is InChI=1S/C17H11ClFN5/c1-10-17-23-14(11-2-4-12(19)5-3-11)16(24(17)7-6-21-10)15-13(18)8-20-9-22-15/h2-9H,1H3. The van der Waals surface area contributed by atoms with Crippen LogP contribution in [0, 0.1) is 12.7 Å². The van der Waals surface area contributed by atoms with E-state index in [0.29, 0.717) is 22.1 Å². The van der Waals surface area contributed by atoms with Gasteiger partial charge in [-0.15, -0.1) is 0 Å². The largest absolute Gasteiger partial charge is 0.295 e. The summed E-state index contributed by atoms with van der Waals surface area (Å²) in [7, 11) is 0.